The fourth-order valence-electron chi connectivity index (χ4n) is 3.90. The number of hydrogen-bond acceptors (Lipinski definition) is 2. The summed E-state index contributed by atoms with van der Waals surface area (Å²) in [6.07, 6.45) is 8.32. The first-order valence-electron chi connectivity index (χ1n) is 7.75. The second-order valence-corrected chi connectivity index (χ2v) is 6.48. The molecule has 0 radical (unpaired) electrons. The minimum absolute atomic E-state index is 0.205. The van der Waals surface area contributed by atoms with Crippen molar-refractivity contribution < 1.29 is 9.13 Å². The second-order valence-electron chi connectivity index (χ2n) is 6.48. The molecular weight excluding hydrogens is 253 g/mol. The highest BCUT2D eigenvalue weighted by atomic mass is 19.1. The van der Waals surface area contributed by atoms with E-state index in [2.05, 4.69) is 4.90 Å². The average molecular weight is 277 g/mol. The third-order valence-electron chi connectivity index (χ3n) is 5.15. The van der Waals surface area contributed by atoms with Crippen LogP contribution in [0.25, 0.3) is 0 Å². The maximum Gasteiger partial charge on any atom is 0.127 e. The molecular formula is C17H24FNO. The minimum Gasteiger partial charge on any atom is -0.497 e. The molecule has 2 fully saturated rings. The summed E-state index contributed by atoms with van der Waals surface area (Å²) in [5, 5.41) is 0. The lowest BCUT2D eigenvalue weighted by molar-refractivity contribution is 0.103. The lowest BCUT2D eigenvalue weighted by Crippen LogP contribution is -2.38. The van der Waals surface area contributed by atoms with E-state index in [1.807, 2.05) is 6.07 Å². The van der Waals surface area contributed by atoms with Crippen LogP contribution < -0.4 is 4.74 Å². The van der Waals surface area contributed by atoms with Crippen molar-refractivity contribution in [1.82, 2.24) is 4.90 Å². The van der Waals surface area contributed by atoms with Crippen molar-refractivity contribution in [3.05, 3.63) is 29.6 Å². The van der Waals surface area contributed by atoms with Gasteiger partial charge in [0, 0.05) is 12.6 Å². The van der Waals surface area contributed by atoms with Crippen LogP contribution in [0.2, 0.25) is 0 Å². The van der Waals surface area contributed by atoms with Gasteiger partial charge < -0.3 is 4.74 Å². The van der Waals surface area contributed by atoms with Crippen molar-refractivity contribution in [1.29, 1.82) is 0 Å². The van der Waals surface area contributed by atoms with E-state index >= 15 is 0 Å². The Kier molecular flexibility index (Phi) is 3.97. The SMILES string of the molecule is COc1cc(F)cc(CN2CCC3(CCCC3)CC2)c1. The van der Waals surface area contributed by atoms with Gasteiger partial charge in [0.05, 0.1) is 7.11 Å². The van der Waals surface area contributed by atoms with Crippen LogP contribution in [0.15, 0.2) is 18.2 Å². The normalized spacial score (nSPS) is 22.3. The number of methoxy groups -OCH3 is 1. The topological polar surface area (TPSA) is 12.5 Å². The number of ether oxygens (including phenoxy) is 1. The zero-order valence-corrected chi connectivity index (χ0v) is 12.3. The van der Waals surface area contributed by atoms with Gasteiger partial charge in [0.1, 0.15) is 11.6 Å². The van der Waals surface area contributed by atoms with E-state index in [-0.39, 0.29) is 5.82 Å². The van der Waals surface area contributed by atoms with Crippen LogP contribution in [0.3, 0.4) is 0 Å². The van der Waals surface area contributed by atoms with Gasteiger partial charge in [0.15, 0.2) is 0 Å². The summed E-state index contributed by atoms with van der Waals surface area (Å²) in [6, 6.07) is 5.01. The smallest absolute Gasteiger partial charge is 0.127 e. The van der Waals surface area contributed by atoms with Crippen molar-refractivity contribution in [2.24, 2.45) is 5.41 Å². The first-order valence-corrected chi connectivity index (χ1v) is 7.75. The maximum atomic E-state index is 13.5. The molecule has 1 saturated heterocycles. The lowest BCUT2D eigenvalue weighted by atomic mass is 9.77. The van der Waals surface area contributed by atoms with Gasteiger partial charge in [0.25, 0.3) is 0 Å². The Labute approximate surface area is 120 Å². The molecule has 2 aliphatic rings. The minimum atomic E-state index is -0.205. The van der Waals surface area contributed by atoms with E-state index < -0.39 is 0 Å². The van der Waals surface area contributed by atoms with Gasteiger partial charge in [-0.15, -0.1) is 0 Å². The third-order valence-corrected chi connectivity index (χ3v) is 5.15. The van der Waals surface area contributed by atoms with Crippen molar-refractivity contribution in [2.75, 3.05) is 20.2 Å². The van der Waals surface area contributed by atoms with Gasteiger partial charge in [-0.05, 0) is 61.9 Å². The van der Waals surface area contributed by atoms with Crippen LogP contribution >= 0.6 is 0 Å². The molecule has 1 aromatic rings. The molecule has 3 rings (SSSR count). The van der Waals surface area contributed by atoms with Crippen LogP contribution in [-0.4, -0.2) is 25.1 Å². The molecule has 1 spiro atoms. The molecule has 0 N–H and O–H groups in total. The summed E-state index contributed by atoms with van der Waals surface area (Å²) in [5.41, 5.74) is 1.67. The van der Waals surface area contributed by atoms with Crippen molar-refractivity contribution >= 4 is 0 Å². The molecule has 0 amide bonds. The van der Waals surface area contributed by atoms with Crippen molar-refractivity contribution in [2.45, 2.75) is 45.1 Å². The molecule has 1 saturated carbocycles. The second kappa shape index (κ2) is 5.72. The van der Waals surface area contributed by atoms with Crippen molar-refractivity contribution in [3.8, 4) is 5.75 Å². The molecule has 0 aromatic heterocycles. The van der Waals surface area contributed by atoms with Crippen LogP contribution in [-0.2, 0) is 6.54 Å². The predicted molar refractivity (Wildman–Crippen MR) is 78.4 cm³/mol. The van der Waals surface area contributed by atoms with Gasteiger partial charge in [0.2, 0.25) is 0 Å². The summed E-state index contributed by atoms with van der Waals surface area (Å²) < 4.78 is 18.7. The summed E-state index contributed by atoms with van der Waals surface area (Å²) in [4.78, 5) is 2.46. The van der Waals surface area contributed by atoms with Gasteiger partial charge in [-0.1, -0.05) is 12.8 Å². The zero-order chi connectivity index (χ0) is 14.0. The maximum absolute atomic E-state index is 13.5. The molecule has 0 unspecified atom stereocenters. The Morgan fingerprint density at radius 1 is 1.10 bits per heavy atom. The number of rotatable bonds is 3. The highest BCUT2D eigenvalue weighted by Crippen LogP contribution is 2.46. The Morgan fingerprint density at radius 3 is 2.45 bits per heavy atom. The predicted octanol–water partition coefficient (Wildman–Crippen LogP) is 3.99. The Morgan fingerprint density at radius 2 is 1.80 bits per heavy atom. The zero-order valence-electron chi connectivity index (χ0n) is 12.3. The number of halogens is 1. The van der Waals surface area contributed by atoms with Gasteiger partial charge in [-0.25, -0.2) is 4.39 Å². The quantitative estimate of drug-likeness (QED) is 0.828. The standard InChI is InChI=1S/C17H24FNO/c1-20-16-11-14(10-15(18)12-16)13-19-8-6-17(7-9-19)4-2-3-5-17/h10-12H,2-9,13H2,1H3. The summed E-state index contributed by atoms with van der Waals surface area (Å²) in [7, 11) is 1.59. The first kappa shape index (κ1) is 13.9. The average Bonchev–Trinajstić information content (AvgIpc) is 2.89. The lowest BCUT2D eigenvalue weighted by Gasteiger charge is -2.39. The van der Waals surface area contributed by atoms with Gasteiger partial charge >= 0.3 is 0 Å². The van der Waals surface area contributed by atoms with Crippen LogP contribution in [0.4, 0.5) is 4.39 Å². The highest BCUT2D eigenvalue weighted by Gasteiger charge is 2.36. The van der Waals surface area contributed by atoms with E-state index in [1.54, 1.807) is 13.2 Å². The number of nitrogens with zero attached hydrogens (tertiary/aromatic N) is 1. The number of piperidine rings is 1. The Bertz CT molecular complexity index is 458. The van der Waals surface area contributed by atoms with E-state index in [9.17, 15) is 4.39 Å². The molecule has 0 bridgehead atoms. The molecule has 2 nitrogen and oxygen atoms in total. The molecule has 3 heteroatoms. The summed E-state index contributed by atoms with van der Waals surface area (Å²) in [6.45, 7) is 3.14. The Hall–Kier alpha value is -1.09. The summed E-state index contributed by atoms with van der Waals surface area (Å²) in [5.74, 6) is 0.410. The van der Waals surface area contributed by atoms with Crippen LogP contribution in [0, 0.1) is 11.2 Å². The van der Waals surface area contributed by atoms with Gasteiger partial charge in [-0.3, -0.25) is 4.90 Å². The molecule has 20 heavy (non-hydrogen) atoms. The Balaban J connectivity index is 1.60. The van der Waals surface area contributed by atoms with Crippen LogP contribution in [0.1, 0.15) is 44.1 Å². The number of benzene rings is 1. The molecule has 1 aliphatic carbocycles. The van der Waals surface area contributed by atoms with Gasteiger partial charge in [-0.2, -0.15) is 0 Å². The van der Waals surface area contributed by atoms with Crippen LogP contribution in [0.5, 0.6) is 5.75 Å². The largest absolute Gasteiger partial charge is 0.497 e. The molecule has 1 aromatic carbocycles. The molecule has 0 atom stereocenters. The monoisotopic (exact) mass is 277 g/mol. The van der Waals surface area contributed by atoms with E-state index in [4.69, 9.17) is 4.74 Å². The molecule has 1 aliphatic heterocycles. The molecule has 1 heterocycles. The molecule has 110 valence electrons. The van der Waals surface area contributed by atoms with E-state index in [0.29, 0.717) is 11.2 Å². The highest BCUT2D eigenvalue weighted by molar-refractivity contribution is 5.29. The van der Waals surface area contributed by atoms with E-state index in [0.717, 1.165) is 25.2 Å². The fraction of sp³-hybridized carbons (Fsp3) is 0.647. The number of likely N-dealkylation sites (tertiary alicyclic amines) is 1. The summed E-state index contributed by atoms with van der Waals surface area (Å²) >= 11 is 0. The van der Waals surface area contributed by atoms with Crippen molar-refractivity contribution in [3.63, 3.8) is 0 Å². The van der Waals surface area contributed by atoms with E-state index in [1.165, 1.54) is 44.6 Å². The fourth-order valence-corrected chi connectivity index (χ4v) is 3.90. The third kappa shape index (κ3) is 2.98. The number of hydrogen-bond donors (Lipinski definition) is 0. The first-order chi connectivity index (χ1) is 9.69.